The van der Waals surface area contributed by atoms with Crippen molar-refractivity contribution in [1.82, 2.24) is 0 Å². The van der Waals surface area contributed by atoms with Crippen LogP contribution < -0.4 is 10.1 Å². The van der Waals surface area contributed by atoms with Crippen molar-refractivity contribution >= 4 is 5.97 Å². The summed E-state index contributed by atoms with van der Waals surface area (Å²) in [5, 5.41) is 11.9. The number of methoxy groups -OCH3 is 1. The molecule has 104 valence electrons. The molecule has 1 fully saturated rings. The molecule has 3 atom stereocenters. The van der Waals surface area contributed by atoms with Gasteiger partial charge in [0, 0.05) is 13.3 Å². The van der Waals surface area contributed by atoms with Gasteiger partial charge >= 0.3 is 5.97 Å². The Labute approximate surface area is 112 Å². The Bertz CT molecular complexity index is 432. The number of esters is 1. The third kappa shape index (κ3) is 3.45. The zero-order chi connectivity index (χ0) is 13.8. The van der Waals surface area contributed by atoms with Crippen LogP contribution in [0.25, 0.3) is 0 Å². The minimum atomic E-state index is -0.591. The van der Waals surface area contributed by atoms with E-state index in [0.29, 0.717) is 6.54 Å². The summed E-state index contributed by atoms with van der Waals surface area (Å²) < 4.78 is 10.3. The van der Waals surface area contributed by atoms with Gasteiger partial charge in [0.2, 0.25) is 0 Å². The Balaban J connectivity index is 2.02. The number of aliphatic hydroxyl groups excluding tert-OH is 1. The average molecular weight is 266 g/mol. The number of ether oxygens (including phenoxy) is 2. The van der Waals surface area contributed by atoms with Gasteiger partial charge in [-0.25, -0.2) is 0 Å². The summed E-state index contributed by atoms with van der Waals surface area (Å²) in [6.07, 6.45) is -0.273. The first-order valence-corrected chi connectivity index (χ1v) is 6.41. The van der Waals surface area contributed by atoms with Crippen molar-refractivity contribution in [3.8, 4) is 5.75 Å². The first-order chi connectivity index (χ1) is 9.10. The lowest BCUT2D eigenvalue weighted by Crippen LogP contribution is -2.88. The molecule has 2 rings (SSSR count). The van der Waals surface area contributed by atoms with Gasteiger partial charge in [-0.15, -0.1) is 0 Å². The van der Waals surface area contributed by atoms with E-state index in [1.54, 1.807) is 7.11 Å². The molecule has 0 aliphatic carbocycles. The highest BCUT2D eigenvalue weighted by atomic mass is 16.6. The summed E-state index contributed by atoms with van der Waals surface area (Å²) in [5.74, 6) is 0.467. The Morgan fingerprint density at radius 1 is 1.42 bits per heavy atom. The van der Waals surface area contributed by atoms with Crippen LogP contribution >= 0.6 is 0 Å². The number of aliphatic hydroxyl groups is 1. The lowest BCUT2D eigenvalue weighted by atomic mass is 10.0. The highest BCUT2D eigenvalue weighted by molar-refractivity contribution is 5.66. The molecule has 1 aromatic carbocycles. The second-order valence-electron chi connectivity index (χ2n) is 4.83. The molecule has 1 aliphatic heterocycles. The normalized spacial score (nSPS) is 26.2. The van der Waals surface area contributed by atoms with E-state index in [1.807, 2.05) is 29.6 Å². The van der Waals surface area contributed by atoms with Crippen molar-refractivity contribution in [2.75, 3.05) is 13.7 Å². The number of hydrogen-bond donors (Lipinski definition) is 2. The average Bonchev–Trinajstić information content (AvgIpc) is 2.72. The Morgan fingerprint density at radius 3 is 2.68 bits per heavy atom. The van der Waals surface area contributed by atoms with Crippen molar-refractivity contribution in [2.45, 2.75) is 31.6 Å². The van der Waals surface area contributed by atoms with Crippen LogP contribution in [-0.4, -0.2) is 43.0 Å². The Morgan fingerprint density at radius 2 is 2.11 bits per heavy atom. The maximum absolute atomic E-state index is 11.1. The number of carbonyl (C=O) groups is 1. The first-order valence-electron chi connectivity index (χ1n) is 6.41. The van der Waals surface area contributed by atoms with Crippen molar-refractivity contribution in [3.05, 3.63) is 29.8 Å². The van der Waals surface area contributed by atoms with E-state index in [4.69, 9.17) is 9.47 Å². The standard InChI is InChI=1S/C14H19NO4/c1-9(16)19-14-12(15-8-13(14)17)7-10-3-5-11(18-2)6-4-10/h3-6,12-15,17H,7-8H2,1-2H3/p+1/t12-,13-,14-/m1/s1. The van der Waals surface area contributed by atoms with Gasteiger partial charge in [-0.05, 0) is 17.7 Å². The number of quaternary nitrogens is 1. The summed E-state index contributed by atoms with van der Waals surface area (Å²) in [6, 6.07) is 7.85. The first kappa shape index (κ1) is 13.8. The molecule has 0 saturated carbocycles. The summed E-state index contributed by atoms with van der Waals surface area (Å²) in [5.41, 5.74) is 1.13. The molecule has 1 saturated heterocycles. The van der Waals surface area contributed by atoms with Gasteiger partial charge in [-0.3, -0.25) is 4.79 Å². The van der Waals surface area contributed by atoms with E-state index in [1.165, 1.54) is 6.92 Å². The van der Waals surface area contributed by atoms with Crippen molar-refractivity contribution in [1.29, 1.82) is 0 Å². The molecular weight excluding hydrogens is 246 g/mol. The zero-order valence-corrected chi connectivity index (χ0v) is 11.2. The van der Waals surface area contributed by atoms with Gasteiger partial charge in [0.25, 0.3) is 0 Å². The SMILES string of the molecule is COc1ccc(C[C@H]2[NH2+]C[C@@H](O)[C@@H]2OC(C)=O)cc1. The van der Waals surface area contributed by atoms with Gasteiger partial charge in [-0.1, -0.05) is 12.1 Å². The van der Waals surface area contributed by atoms with Crippen LogP contribution in [0.2, 0.25) is 0 Å². The van der Waals surface area contributed by atoms with Crippen molar-refractivity contribution < 1.29 is 24.7 Å². The third-order valence-electron chi connectivity index (χ3n) is 3.41. The second kappa shape index (κ2) is 6.04. The highest BCUT2D eigenvalue weighted by Crippen LogP contribution is 2.16. The van der Waals surface area contributed by atoms with Gasteiger partial charge < -0.3 is 19.9 Å². The van der Waals surface area contributed by atoms with Gasteiger partial charge in [0.15, 0.2) is 6.10 Å². The predicted molar refractivity (Wildman–Crippen MR) is 68.8 cm³/mol. The number of nitrogens with two attached hydrogens (primary N) is 1. The molecule has 1 heterocycles. The largest absolute Gasteiger partial charge is 0.497 e. The fourth-order valence-corrected chi connectivity index (χ4v) is 2.46. The molecule has 5 nitrogen and oxygen atoms in total. The summed E-state index contributed by atoms with van der Waals surface area (Å²) in [4.78, 5) is 11.1. The number of benzene rings is 1. The van der Waals surface area contributed by atoms with Gasteiger partial charge in [-0.2, -0.15) is 0 Å². The fourth-order valence-electron chi connectivity index (χ4n) is 2.46. The molecule has 1 aliphatic rings. The Hall–Kier alpha value is -1.59. The van der Waals surface area contributed by atoms with Crippen LogP contribution in [0.15, 0.2) is 24.3 Å². The molecule has 5 heteroatoms. The number of rotatable bonds is 4. The van der Waals surface area contributed by atoms with E-state index in [-0.39, 0.29) is 12.0 Å². The topological polar surface area (TPSA) is 72.4 Å². The van der Waals surface area contributed by atoms with Crippen LogP contribution in [-0.2, 0) is 16.0 Å². The van der Waals surface area contributed by atoms with Crippen molar-refractivity contribution in [3.63, 3.8) is 0 Å². The Kier molecular flexibility index (Phi) is 4.39. The molecule has 0 amide bonds. The lowest BCUT2D eigenvalue weighted by molar-refractivity contribution is -0.674. The molecule has 0 radical (unpaired) electrons. The predicted octanol–water partition coefficient (Wildman–Crippen LogP) is -0.524. The molecule has 0 unspecified atom stereocenters. The van der Waals surface area contributed by atoms with Gasteiger partial charge in [0.1, 0.15) is 24.4 Å². The van der Waals surface area contributed by atoms with E-state index in [0.717, 1.165) is 17.7 Å². The molecular formula is C14H20NO4+. The fraction of sp³-hybridized carbons (Fsp3) is 0.500. The molecule has 0 bridgehead atoms. The molecule has 0 spiro atoms. The smallest absolute Gasteiger partial charge is 0.303 e. The summed E-state index contributed by atoms with van der Waals surface area (Å²) in [7, 11) is 1.63. The van der Waals surface area contributed by atoms with Crippen LogP contribution in [0.3, 0.4) is 0 Å². The molecule has 0 aromatic heterocycles. The van der Waals surface area contributed by atoms with E-state index in [2.05, 4.69) is 0 Å². The lowest BCUT2D eigenvalue weighted by Gasteiger charge is -2.18. The van der Waals surface area contributed by atoms with E-state index in [9.17, 15) is 9.90 Å². The number of carbonyl (C=O) groups excluding carboxylic acids is 1. The molecule has 1 aromatic rings. The van der Waals surface area contributed by atoms with Crippen LogP contribution in [0.5, 0.6) is 5.75 Å². The second-order valence-corrected chi connectivity index (χ2v) is 4.83. The third-order valence-corrected chi connectivity index (χ3v) is 3.41. The maximum Gasteiger partial charge on any atom is 0.303 e. The molecule has 19 heavy (non-hydrogen) atoms. The molecule has 3 N–H and O–H groups in total. The monoisotopic (exact) mass is 266 g/mol. The zero-order valence-electron chi connectivity index (χ0n) is 11.2. The van der Waals surface area contributed by atoms with E-state index < -0.39 is 12.2 Å². The summed E-state index contributed by atoms with van der Waals surface area (Å²) >= 11 is 0. The van der Waals surface area contributed by atoms with E-state index >= 15 is 0 Å². The van der Waals surface area contributed by atoms with Crippen LogP contribution in [0, 0.1) is 0 Å². The van der Waals surface area contributed by atoms with Crippen molar-refractivity contribution in [2.24, 2.45) is 0 Å². The summed E-state index contributed by atoms with van der Waals surface area (Å²) in [6.45, 7) is 1.94. The maximum atomic E-state index is 11.1. The van der Waals surface area contributed by atoms with Crippen LogP contribution in [0.1, 0.15) is 12.5 Å². The minimum absolute atomic E-state index is 0.0623. The quantitative estimate of drug-likeness (QED) is 0.719. The minimum Gasteiger partial charge on any atom is -0.497 e. The van der Waals surface area contributed by atoms with Gasteiger partial charge in [0.05, 0.1) is 7.11 Å². The highest BCUT2D eigenvalue weighted by Gasteiger charge is 2.41. The van der Waals surface area contributed by atoms with Crippen LogP contribution in [0.4, 0.5) is 0 Å². The number of hydrogen-bond acceptors (Lipinski definition) is 4.